The van der Waals surface area contributed by atoms with Gasteiger partial charge in [-0.25, -0.2) is 0 Å². The molecular formula is C17H26O. The van der Waals surface area contributed by atoms with E-state index in [4.69, 9.17) is 0 Å². The van der Waals surface area contributed by atoms with E-state index in [1.165, 1.54) is 16.7 Å². The molecule has 0 bridgehead atoms. The van der Waals surface area contributed by atoms with Crippen LogP contribution >= 0.6 is 0 Å². The maximum absolute atomic E-state index is 10.8. The fraction of sp³-hybridized carbons (Fsp3) is 0.647. The highest BCUT2D eigenvalue weighted by Crippen LogP contribution is 2.38. The predicted octanol–water partition coefficient (Wildman–Crippen LogP) is 4.03. The van der Waals surface area contributed by atoms with Crippen molar-refractivity contribution in [1.82, 2.24) is 0 Å². The molecular weight excluding hydrogens is 220 g/mol. The van der Waals surface area contributed by atoms with E-state index in [9.17, 15) is 5.11 Å². The van der Waals surface area contributed by atoms with Crippen molar-refractivity contribution in [2.45, 2.75) is 59.0 Å². The van der Waals surface area contributed by atoms with Crippen LogP contribution in [-0.4, -0.2) is 10.7 Å². The molecule has 0 heterocycles. The Hall–Kier alpha value is -0.820. The fourth-order valence-corrected chi connectivity index (χ4v) is 3.14. The molecule has 18 heavy (non-hydrogen) atoms. The lowest BCUT2D eigenvalue weighted by molar-refractivity contribution is -0.0279. The van der Waals surface area contributed by atoms with Gasteiger partial charge in [0, 0.05) is 6.42 Å². The molecule has 1 aromatic carbocycles. The van der Waals surface area contributed by atoms with Crippen LogP contribution in [0.15, 0.2) is 18.2 Å². The van der Waals surface area contributed by atoms with Crippen molar-refractivity contribution >= 4 is 0 Å². The van der Waals surface area contributed by atoms with Crippen molar-refractivity contribution in [3.05, 3.63) is 34.9 Å². The molecule has 0 aliphatic heterocycles. The first-order valence-corrected chi connectivity index (χ1v) is 7.18. The van der Waals surface area contributed by atoms with Crippen LogP contribution in [-0.2, 0) is 6.42 Å². The molecule has 0 aromatic heterocycles. The summed E-state index contributed by atoms with van der Waals surface area (Å²) in [6.45, 7) is 8.86. The van der Waals surface area contributed by atoms with Gasteiger partial charge in [0.15, 0.2) is 0 Å². The van der Waals surface area contributed by atoms with Crippen molar-refractivity contribution in [3.63, 3.8) is 0 Å². The number of hydrogen-bond donors (Lipinski definition) is 1. The summed E-state index contributed by atoms with van der Waals surface area (Å²) in [6, 6.07) is 6.57. The average molecular weight is 246 g/mol. The van der Waals surface area contributed by atoms with Gasteiger partial charge in [0.25, 0.3) is 0 Å². The highest BCUT2D eigenvalue weighted by molar-refractivity contribution is 5.30. The summed E-state index contributed by atoms with van der Waals surface area (Å²) >= 11 is 0. The molecule has 1 aliphatic carbocycles. The predicted molar refractivity (Wildman–Crippen MR) is 76.7 cm³/mol. The number of hydrogen-bond acceptors (Lipinski definition) is 1. The molecule has 3 atom stereocenters. The van der Waals surface area contributed by atoms with E-state index in [0.717, 1.165) is 31.6 Å². The van der Waals surface area contributed by atoms with Gasteiger partial charge < -0.3 is 5.11 Å². The smallest absolute Gasteiger partial charge is 0.0690 e. The second kappa shape index (κ2) is 5.05. The summed E-state index contributed by atoms with van der Waals surface area (Å²) in [5, 5.41) is 10.8. The van der Waals surface area contributed by atoms with Crippen LogP contribution in [0.4, 0.5) is 0 Å². The van der Waals surface area contributed by atoms with E-state index in [1.807, 2.05) is 0 Å². The van der Waals surface area contributed by atoms with E-state index >= 15 is 0 Å². The molecule has 1 aliphatic rings. The summed E-state index contributed by atoms with van der Waals surface area (Å²) in [5.74, 6) is 1.39. The van der Waals surface area contributed by atoms with Gasteiger partial charge >= 0.3 is 0 Å². The van der Waals surface area contributed by atoms with Crippen LogP contribution in [0.1, 0.15) is 49.8 Å². The lowest BCUT2D eigenvalue weighted by Crippen LogP contribution is -2.39. The van der Waals surface area contributed by atoms with Crippen molar-refractivity contribution in [1.29, 1.82) is 0 Å². The third-order valence-electron chi connectivity index (χ3n) is 4.84. The molecule has 1 nitrogen and oxygen atoms in total. The maximum atomic E-state index is 10.8. The Morgan fingerprint density at radius 1 is 1.17 bits per heavy atom. The molecule has 1 fully saturated rings. The number of benzene rings is 1. The second-order valence-corrected chi connectivity index (χ2v) is 6.52. The first kappa shape index (κ1) is 13.6. The molecule has 3 unspecified atom stereocenters. The van der Waals surface area contributed by atoms with Crippen LogP contribution in [0, 0.1) is 25.7 Å². The van der Waals surface area contributed by atoms with Crippen LogP contribution < -0.4 is 0 Å². The van der Waals surface area contributed by atoms with E-state index in [1.54, 1.807) is 0 Å². The lowest BCUT2D eigenvalue weighted by atomic mass is 9.71. The van der Waals surface area contributed by atoms with Gasteiger partial charge in [-0.05, 0) is 61.6 Å². The molecule has 1 aromatic rings. The third kappa shape index (κ3) is 2.95. The van der Waals surface area contributed by atoms with E-state index in [2.05, 4.69) is 45.9 Å². The van der Waals surface area contributed by atoms with Gasteiger partial charge in [-0.1, -0.05) is 32.0 Å². The normalized spacial score (nSPS) is 32.5. The van der Waals surface area contributed by atoms with Crippen LogP contribution in [0.25, 0.3) is 0 Å². The Morgan fingerprint density at radius 3 is 2.50 bits per heavy atom. The van der Waals surface area contributed by atoms with Crippen LogP contribution in [0.5, 0.6) is 0 Å². The zero-order valence-corrected chi connectivity index (χ0v) is 12.2. The van der Waals surface area contributed by atoms with Crippen molar-refractivity contribution in [3.8, 4) is 0 Å². The summed E-state index contributed by atoms with van der Waals surface area (Å²) in [6.07, 6.45) is 3.86. The summed E-state index contributed by atoms with van der Waals surface area (Å²) in [7, 11) is 0. The standard InChI is InChI=1S/C17H26O/c1-12-5-6-16(9-14(12)3)11-17(18)8-7-13(2)15(4)10-17/h5-6,9,13,15,18H,7-8,10-11H2,1-4H3. The highest BCUT2D eigenvalue weighted by Gasteiger charge is 2.35. The number of rotatable bonds is 2. The van der Waals surface area contributed by atoms with Gasteiger partial charge in [-0.15, -0.1) is 0 Å². The van der Waals surface area contributed by atoms with E-state index < -0.39 is 5.60 Å². The monoisotopic (exact) mass is 246 g/mol. The average Bonchev–Trinajstić information content (AvgIpc) is 2.29. The van der Waals surface area contributed by atoms with Crippen molar-refractivity contribution in [2.75, 3.05) is 0 Å². The SMILES string of the molecule is Cc1ccc(CC2(O)CCC(C)C(C)C2)cc1C. The second-order valence-electron chi connectivity index (χ2n) is 6.52. The summed E-state index contributed by atoms with van der Waals surface area (Å²) in [5.41, 5.74) is 3.46. The summed E-state index contributed by atoms with van der Waals surface area (Å²) in [4.78, 5) is 0. The van der Waals surface area contributed by atoms with Gasteiger partial charge in [-0.2, -0.15) is 0 Å². The van der Waals surface area contributed by atoms with Crippen LogP contribution in [0.3, 0.4) is 0 Å². The van der Waals surface area contributed by atoms with Crippen molar-refractivity contribution in [2.24, 2.45) is 11.8 Å². The van der Waals surface area contributed by atoms with Gasteiger partial charge in [0.2, 0.25) is 0 Å². The quantitative estimate of drug-likeness (QED) is 0.835. The minimum absolute atomic E-state index is 0.479. The molecule has 1 heteroatoms. The van der Waals surface area contributed by atoms with E-state index in [-0.39, 0.29) is 0 Å². The first-order valence-electron chi connectivity index (χ1n) is 7.18. The molecule has 1 saturated carbocycles. The number of aliphatic hydroxyl groups is 1. The Bertz CT molecular complexity index is 424. The molecule has 0 amide bonds. The largest absolute Gasteiger partial charge is 0.390 e. The Balaban J connectivity index is 2.10. The molecule has 1 N–H and O–H groups in total. The van der Waals surface area contributed by atoms with Crippen LogP contribution in [0.2, 0.25) is 0 Å². The minimum Gasteiger partial charge on any atom is -0.390 e. The zero-order valence-electron chi connectivity index (χ0n) is 12.2. The molecule has 100 valence electrons. The molecule has 0 spiro atoms. The van der Waals surface area contributed by atoms with Gasteiger partial charge in [0.1, 0.15) is 0 Å². The van der Waals surface area contributed by atoms with Gasteiger partial charge in [0.05, 0.1) is 5.60 Å². The Labute approximate surface area is 111 Å². The molecule has 2 rings (SSSR count). The van der Waals surface area contributed by atoms with Gasteiger partial charge in [-0.3, -0.25) is 0 Å². The maximum Gasteiger partial charge on any atom is 0.0690 e. The first-order chi connectivity index (χ1) is 8.39. The zero-order chi connectivity index (χ0) is 13.3. The highest BCUT2D eigenvalue weighted by atomic mass is 16.3. The third-order valence-corrected chi connectivity index (χ3v) is 4.84. The molecule has 0 saturated heterocycles. The summed E-state index contributed by atoms with van der Waals surface area (Å²) < 4.78 is 0. The Kier molecular flexibility index (Phi) is 3.82. The lowest BCUT2D eigenvalue weighted by Gasteiger charge is -2.39. The van der Waals surface area contributed by atoms with Crippen molar-refractivity contribution < 1.29 is 5.11 Å². The Morgan fingerprint density at radius 2 is 1.89 bits per heavy atom. The van der Waals surface area contributed by atoms with E-state index in [0.29, 0.717) is 5.92 Å². The number of aryl methyl sites for hydroxylation is 2. The molecule has 0 radical (unpaired) electrons. The topological polar surface area (TPSA) is 20.2 Å². The fourth-order valence-electron chi connectivity index (χ4n) is 3.14. The minimum atomic E-state index is -0.479.